The number of hydrogen-bond donors (Lipinski definition) is 3. The topological polar surface area (TPSA) is 92.4 Å². The second kappa shape index (κ2) is 6.59. The fourth-order valence-corrected chi connectivity index (χ4v) is 2.19. The summed E-state index contributed by atoms with van der Waals surface area (Å²) in [4.78, 5) is 22.2. The summed E-state index contributed by atoms with van der Waals surface area (Å²) >= 11 is 0. The molecule has 0 aromatic heterocycles. The lowest BCUT2D eigenvalue weighted by atomic mass is 10.0. The molecule has 0 saturated heterocycles. The minimum Gasteiger partial charge on any atom is -0.481 e. The highest BCUT2D eigenvalue weighted by Crippen LogP contribution is 2.23. The van der Waals surface area contributed by atoms with E-state index < -0.39 is 5.97 Å². The first-order chi connectivity index (χ1) is 8.00. The maximum absolute atomic E-state index is 11.8. The Kier molecular flexibility index (Phi) is 5.41. The van der Waals surface area contributed by atoms with Crippen molar-refractivity contribution in [3.63, 3.8) is 0 Å². The van der Waals surface area contributed by atoms with E-state index in [9.17, 15) is 9.59 Å². The van der Waals surface area contributed by atoms with Crippen LogP contribution < -0.4 is 11.1 Å². The molecule has 1 amide bonds. The number of nitrogens with two attached hydrogens (primary N) is 1. The van der Waals surface area contributed by atoms with E-state index in [1.54, 1.807) is 0 Å². The molecule has 1 fully saturated rings. The smallest absolute Gasteiger partial charge is 0.303 e. The Morgan fingerprint density at radius 1 is 1.47 bits per heavy atom. The van der Waals surface area contributed by atoms with Gasteiger partial charge in [0, 0.05) is 19.0 Å². The number of nitrogens with one attached hydrogen (secondary N) is 1. The Morgan fingerprint density at radius 3 is 2.71 bits per heavy atom. The summed E-state index contributed by atoms with van der Waals surface area (Å²) in [5, 5.41) is 11.4. The molecule has 98 valence electrons. The summed E-state index contributed by atoms with van der Waals surface area (Å²) in [6.45, 7) is 2.48. The zero-order valence-corrected chi connectivity index (χ0v) is 10.3. The van der Waals surface area contributed by atoms with Crippen molar-refractivity contribution in [2.45, 2.75) is 45.1 Å². The molecule has 1 aliphatic carbocycles. The number of amides is 1. The van der Waals surface area contributed by atoms with Crippen molar-refractivity contribution in [1.29, 1.82) is 0 Å². The SMILES string of the molecule is CC(CCC(=O)O)CNC(=O)C1CCCC1N. The van der Waals surface area contributed by atoms with E-state index in [0.717, 1.165) is 19.3 Å². The molecule has 0 aromatic rings. The summed E-state index contributed by atoms with van der Waals surface area (Å²) in [7, 11) is 0. The van der Waals surface area contributed by atoms with E-state index in [2.05, 4.69) is 5.32 Å². The minimum absolute atomic E-state index is 0.00988. The molecule has 0 aliphatic heterocycles. The molecule has 1 saturated carbocycles. The van der Waals surface area contributed by atoms with E-state index in [4.69, 9.17) is 10.8 Å². The summed E-state index contributed by atoms with van der Waals surface area (Å²) in [6, 6.07) is -0.00988. The van der Waals surface area contributed by atoms with Gasteiger partial charge in [0.25, 0.3) is 0 Å². The monoisotopic (exact) mass is 242 g/mol. The molecule has 0 bridgehead atoms. The van der Waals surface area contributed by atoms with Gasteiger partial charge in [-0.3, -0.25) is 9.59 Å². The highest BCUT2D eigenvalue weighted by molar-refractivity contribution is 5.79. The Hall–Kier alpha value is -1.10. The normalized spacial score (nSPS) is 25.5. The number of hydrogen-bond acceptors (Lipinski definition) is 3. The number of carboxylic acid groups (broad SMARTS) is 1. The van der Waals surface area contributed by atoms with Crippen LogP contribution in [0, 0.1) is 11.8 Å². The quantitative estimate of drug-likeness (QED) is 0.640. The van der Waals surface area contributed by atoms with Crippen LogP contribution in [0.5, 0.6) is 0 Å². The van der Waals surface area contributed by atoms with E-state index in [0.29, 0.717) is 13.0 Å². The highest BCUT2D eigenvalue weighted by Gasteiger charge is 2.30. The predicted octanol–water partition coefficient (Wildman–Crippen LogP) is 0.731. The maximum atomic E-state index is 11.8. The van der Waals surface area contributed by atoms with Gasteiger partial charge in [-0.25, -0.2) is 0 Å². The van der Waals surface area contributed by atoms with Crippen molar-refractivity contribution in [3.8, 4) is 0 Å². The first-order valence-corrected chi connectivity index (χ1v) is 6.25. The molecule has 1 rings (SSSR count). The summed E-state index contributed by atoms with van der Waals surface area (Å²) in [5.74, 6) is -0.632. The third-order valence-electron chi connectivity index (χ3n) is 3.38. The van der Waals surface area contributed by atoms with Gasteiger partial charge in [-0.15, -0.1) is 0 Å². The van der Waals surface area contributed by atoms with E-state index in [-0.39, 0.29) is 30.2 Å². The molecule has 5 nitrogen and oxygen atoms in total. The zero-order chi connectivity index (χ0) is 12.8. The van der Waals surface area contributed by atoms with Crippen molar-refractivity contribution in [2.75, 3.05) is 6.54 Å². The Morgan fingerprint density at radius 2 is 2.18 bits per heavy atom. The lowest BCUT2D eigenvalue weighted by Crippen LogP contribution is -2.40. The van der Waals surface area contributed by atoms with Gasteiger partial charge in [-0.2, -0.15) is 0 Å². The lowest BCUT2D eigenvalue weighted by molar-refractivity contribution is -0.137. The van der Waals surface area contributed by atoms with Gasteiger partial charge in [0.2, 0.25) is 5.91 Å². The molecule has 0 aromatic carbocycles. The lowest BCUT2D eigenvalue weighted by Gasteiger charge is -2.17. The van der Waals surface area contributed by atoms with Crippen LogP contribution in [0.2, 0.25) is 0 Å². The number of aliphatic carboxylic acids is 1. The Bertz CT molecular complexity index is 281. The highest BCUT2D eigenvalue weighted by atomic mass is 16.4. The molecule has 4 N–H and O–H groups in total. The van der Waals surface area contributed by atoms with Crippen molar-refractivity contribution in [1.82, 2.24) is 5.32 Å². The molecule has 17 heavy (non-hydrogen) atoms. The number of rotatable bonds is 6. The van der Waals surface area contributed by atoms with Crippen LogP contribution >= 0.6 is 0 Å². The van der Waals surface area contributed by atoms with Crippen LogP contribution in [0.4, 0.5) is 0 Å². The van der Waals surface area contributed by atoms with Gasteiger partial charge < -0.3 is 16.2 Å². The van der Waals surface area contributed by atoms with Gasteiger partial charge in [0.15, 0.2) is 0 Å². The fourth-order valence-electron chi connectivity index (χ4n) is 2.19. The molecule has 5 heteroatoms. The number of carboxylic acids is 1. The molecule has 1 aliphatic rings. The maximum Gasteiger partial charge on any atom is 0.303 e. The van der Waals surface area contributed by atoms with E-state index in [1.165, 1.54) is 0 Å². The number of carbonyl (C=O) groups is 2. The zero-order valence-electron chi connectivity index (χ0n) is 10.3. The van der Waals surface area contributed by atoms with Crippen LogP contribution in [0.1, 0.15) is 39.0 Å². The van der Waals surface area contributed by atoms with Gasteiger partial charge in [0.05, 0.1) is 5.92 Å². The average Bonchev–Trinajstić information content (AvgIpc) is 2.69. The average molecular weight is 242 g/mol. The van der Waals surface area contributed by atoms with Crippen LogP contribution in [-0.2, 0) is 9.59 Å². The molecule has 0 radical (unpaired) electrons. The summed E-state index contributed by atoms with van der Waals surface area (Å²) in [6.07, 6.45) is 3.56. The fraction of sp³-hybridized carbons (Fsp3) is 0.833. The largest absolute Gasteiger partial charge is 0.481 e. The van der Waals surface area contributed by atoms with Crippen LogP contribution in [0.15, 0.2) is 0 Å². The van der Waals surface area contributed by atoms with Crippen molar-refractivity contribution >= 4 is 11.9 Å². The molecule has 0 heterocycles. The van der Waals surface area contributed by atoms with Crippen molar-refractivity contribution < 1.29 is 14.7 Å². The van der Waals surface area contributed by atoms with Gasteiger partial charge >= 0.3 is 5.97 Å². The Labute approximate surface area is 102 Å². The molecule has 3 unspecified atom stereocenters. The molecule has 3 atom stereocenters. The summed E-state index contributed by atoms with van der Waals surface area (Å²) < 4.78 is 0. The number of carbonyl (C=O) groups excluding carboxylic acids is 1. The molecular formula is C12H22N2O3. The third kappa shape index (κ3) is 4.73. The second-order valence-electron chi connectivity index (χ2n) is 4.98. The molecule has 0 spiro atoms. The van der Waals surface area contributed by atoms with Gasteiger partial charge in [-0.1, -0.05) is 13.3 Å². The van der Waals surface area contributed by atoms with Crippen LogP contribution in [0.25, 0.3) is 0 Å². The molecular weight excluding hydrogens is 220 g/mol. The minimum atomic E-state index is -0.791. The van der Waals surface area contributed by atoms with Gasteiger partial charge in [-0.05, 0) is 25.2 Å². The third-order valence-corrected chi connectivity index (χ3v) is 3.38. The standard InChI is InChI=1S/C12H22N2O3/c1-8(5-6-11(15)16)7-14-12(17)9-3-2-4-10(9)13/h8-10H,2-7,13H2,1H3,(H,14,17)(H,15,16). The van der Waals surface area contributed by atoms with Crippen molar-refractivity contribution in [3.05, 3.63) is 0 Å². The van der Waals surface area contributed by atoms with E-state index >= 15 is 0 Å². The summed E-state index contributed by atoms with van der Waals surface area (Å²) in [5.41, 5.74) is 5.85. The second-order valence-corrected chi connectivity index (χ2v) is 4.98. The van der Waals surface area contributed by atoms with Gasteiger partial charge in [0.1, 0.15) is 0 Å². The first-order valence-electron chi connectivity index (χ1n) is 6.25. The van der Waals surface area contributed by atoms with Crippen molar-refractivity contribution in [2.24, 2.45) is 17.6 Å². The van der Waals surface area contributed by atoms with Crippen LogP contribution in [-0.4, -0.2) is 29.6 Å². The Balaban J connectivity index is 2.21. The predicted molar refractivity (Wildman–Crippen MR) is 64.4 cm³/mol. The van der Waals surface area contributed by atoms with Crippen LogP contribution in [0.3, 0.4) is 0 Å². The first kappa shape index (κ1) is 14.0. The van der Waals surface area contributed by atoms with E-state index in [1.807, 2.05) is 6.92 Å².